The lowest BCUT2D eigenvalue weighted by Crippen LogP contribution is -2.23. The Kier molecular flexibility index (Phi) is 3.64. The van der Waals surface area contributed by atoms with Crippen LogP contribution in [-0.2, 0) is 6.18 Å². The zero-order valence-electron chi connectivity index (χ0n) is 9.16. The summed E-state index contributed by atoms with van der Waals surface area (Å²) in [5.41, 5.74) is -1.60. The molecule has 2 aromatic rings. The Labute approximate surface area is 118 Å². The lowest BCUT2D eigenvalue weighted by Gasteiger charge is -2.10. The third-order valence-corrected chi connectivity index (χ3v) is 3.14. The Hall–Kier alpha value is -1.41. The average Bonchev–Trinajstić information content (AvgIpc) is 2.29. The van der Waals surface area contributed by atoms with E-state index in [9.17, 15) is 18.0 Å². The van der Waals surface area contributed by atoms with Gasteiger partial charge in [0.05, 0.1) is 5.69 Å². The fraction of sp³-hybridized carbons (Fsp3) is 0.0909. The molecule has 2 rings (SSSR count). The minimum Gasteiger partial charge on any atom is -0.328 e. The molecule has 0 aliphatic carbocycles. The molecule has 1 aromatic heterocycles. The Morgan fingerprint density at radius 1 is 1.21 bits per heavy atom. The number of hydrogen-bond donors (Lipinski definition) is 1. The van der Waals surface area contributed by atoms with Crippen molar-refractivity contribution in [3.8, 4) is 5.69 Å². The van der Waals surface area contributed by atoms with E-state index in [0.29, 0.717) is 11.8 Å². The van der Waals surface area contributed by atoms with Gasteiger partial charge in [-0.25, -0.2) is 0 Å². The molecule has 0 radical (unpaired) electrons. The topological polar surface area (TPSA) is 37.8 Å². The van der Waals surface area contributed by atoms with Gasteiger partial charge in [0.25, 0.3) is 5.56 Å². The molecule has 1 N–H and O–H groups in total. The molecule has 0 atom stereocenters. The number of hydrogen-bond acceptors (Lipinski definition) is 2. The van der Waals surface area contributed by atoms with Gasteiger partial charge < -0.3 is 4.98 Å². The van der Waals surface area contributed by atoms with Crippen molar-refractivity contribution in [2.75, 3.05) is 0 Å². The maximum atomic E-state index is 12.5. The number of aromatic nitrogens is 2. The van der Waals surface area contributed by atoms with Crippen molar-refractivity contribution in [2.24, 2.45) is 0 Å². The number of halogens is 4. The Morgan fingerprint density at radius 2 is 1.79 bits per heavy atom. The van der Waals surface area contributed by atoms with Crippen molar-refractivity contribution in [3.63, 3.8) is 0 Å². The van der Waals surface area contributed by atoms with Crippen molar-refractivity contribution in [1.29, 1.82) is 0 Å². The first-order chi connectivity index (χ1) is 8.79. The van der Waals surface area contributed by atoms with Crippen molar-refractivity contribution < 1.29 is 13.2 Å². The van der Waals surface area contributed by atoms with Crippen LogP contribution in [0.4, 0.5) is 13.2 Å². The van der Waals surface area contributed by atoms with E-state index >= 15 is 0 Å². The van der Waals surface area contributed by atoms with Crippen LogP contribution >= 0.6 is 28.1 Å². The second-order valence-corrected chi connectivity index (χ2v) is 4.94. The molecule has 100 valence electrons. The van der Waals surface area contributed by atoms with Gasteiger partial charge in [-0.05, 0) is 36.5 Å². The van der Waals surface area contributed by atoms with Crippen molar-refractivity contribution in [2.45, 2.75) is 6.18 Å². The number of aromatic amines is 1. The maximum absolute atomic E-state index is 12.5. The predicted octanol–water partition coefficient (Wildman–Crippen LogP) is 3.68. The van der Waals surface area contributed by atoms with E-state index in [1.54, 1.807) is 24.3 Å². The summed E-state index contributed by atoms with van der Waals surface area (Å²) in [5.74, 6) is 0. The van der Waals surface area contributed by atoms with Gasteiger partial charge >= 0.3 is 6.18 Å². The lowest BCUT2D eigenvalue weighted by atomic mass is 10.3. The summed E-state index contributed by atoms with van der Waals surface area (Å²) in [7, 11) is 0. The minimum atomic E-state index is -4.63. The summed E-state index contributed by atoms with van der Waals surface area (Å²) >= 11 is 8.03. The molecular formula is C11H6BrF3N2OS. The molecule has 0 fully saturated rings. The largest absolute Gasteiger partial charge is 0.431 e. The van der Waals surface area contributed by atoms with Crippen LogP contribution in [-0.4, -0.2) is 9.55 Å². The molecule has 0 spiro atoms. The van der Waals surface area contributed by atoms with Crippen LogP contribution in [0.1, 0.15) is 5.69 Å². The quantitative estimate of drug-likeness (QED) is 0.796. The molecule has 0 unspecified atom stereocenters. The van der Waals surface area contributed by atoms with Crippen molar-refractivity contribution >= 4 is 28.1 Å². The zero-order valence-corrected chi connectivity index (χ0v) is 11.6. The second-order valence-electron chi connectivity index (χ2n) is 3.64. The summed E-state index contributed by atoms with van der Waals surface area (Å²) < 4.78 is 39.0. The smallest absolute Gasteiger partial charge is 0.328 e. The number of alkyl halides is 3. The first-order valence-electron chi connectivity index (χ1n) is 4.98. The number of nitrogens with one attached hydrogen (secondary N) is 1. The van der Waals surface area contributed by atoms with E-state index in [2.05, 4.69) is 15.9 Å². The van der Waals surface area contributed by atoms with E-state index in [4.69, 9.17) is 12.2 Å². The molecule has 0 bridgehead atoms. The Balaban J connectivity index is 2.64. The van der Waals surface area contributed by atoms with Crippen LogP contribution < -0.4 is 5.56 Å². The SMILES string of the molecule is O=c1cc(C(F)(F)F)[nH]c(=S)n1-c1ccc(Br)cc1. The molecular weight excluding hydrogens is 345 g/mol. The van der Waals surface area contributed by atoms with Gasteiger partial charge in [-0.1, -0.05) is 15.9 Å². The zero-order chi connectivity index (χ0) is 14.2. The molecule has 0 saturated heterocycles. The molecule has 0 aliphatic heterocycles. The summed E-state index contributed by atoms with van der Waals surface area (Å²) in [6, 6.07) is 6.95. The fourth-order valence-corrected chi connectivity index (χ4v) is 2.05. The van der Waals surface area contributed by atoms with Gasteiger partial charge in [-0.3, -0.25) is 9.36 Å². The molecule has 0 saturated carbocycles. The molecule has 8 heteroatoms. The van der Waals surface area contributed by atoms with Crippen molar-refractivity contribution in [3.05, 3.63) is 55.6 Å². The summed E-state index contributed by atoms with van der Waals surface area (Å²) in [4.78, 5) is 13.8. The van der Waals surface area contributed by atoms with Gasteiger partial charge in [0.1, 0.15) is 5.69 Å². The van der Waals surface area contributed by atoms with Crippen molar-refractivity contribution in [1.82, 2.24) is 9.55 Å². The molecule has 1 aromatic carbocycles. The third kappa shape index (κ3) is 2.95. The normalized spacial score (nSPS) is 11.6. The number of H-pyrrole nitrogens is 1. The van der Waals surface area contributed by atoms with Crippen LogP contribution in [0.5, 0.6) is 0 Å². The van der Waals surface area contributed by atoms with Gasteiger partial charge in [0.15, 0.2) is 4.77 Å². The van der Waals surface area contributed by atoms with Crippen LogP contribution in [0.2, 0.25) is 0 Å². The fourth-order valence-electron chi connectivity index (χ4n) is 1.48. The molecule has 1 heterocycles. The van der Waals surface area contributed by atoms with E-state index < -0.39 is 17.4 Å². The lowest BCUT2D eigenvalue weighted by molar-refractivity contribution is -0.141. The summed E-state index contributed by atoms with van der Waals surface area (Å²) in [6.07, 6.45) is -4.63. The second kappa shape index (κ2) is 4.93. The molecule has 0 aliphatic rings. The van der Waals surface area contributed by atoms with Crippen LogP contribution in [0.25, 0.3) is 5.69 Å². The maximum Gasteiger partial charge on any atom is 0.431 e. The van der Waals surface area contributed by atoms with Crippen LogP contribution in [0.3, 0.4) is 0 Å². The Bertz CT molecular complexity index is 687. The number of nitrogens with zero attached hydrogens (tertiary/aromatic N) is 1. The summed E-state index contributed by atoms with van der Waals surface area (Å²) in [6.45, 7) is 0. The van der Waals surface area contributed by atoms with E-state index in [0.717, 1.165) is 9.04 Å². The van der Waals surface area contributed by atoms with Gasteiger partial charge in [-0.2, -0.15) is 13.2 Å². The first-order valence-corrected chi connectivity index (χ1v) is 6.18. The van der Waals surface area contributed by atoms with Crippen LogP contribution in [0.15, 0.2) is 39.6 Å². The van der Waals surface area contributed by atoms with Gasteiger partial charge in [0.2, 0.25) is 0 Å². The highest BCUT2D eigenvalue weighted by Crippen LogP contribution is 2.26. The molecule has 19 heavy (non-hydrogen) atoms. The molecule has 3 nitrogen and oxygen atoms in total. The number of benzene rings is 1. The van der Waals surface area contributed by atoms with Crippen LogP contribution in [0, 0.1) is 4.77 Å². The van der Waals surface area contributed by atoms with E-state index in [-0.39, 0.29) is 4.77 Å². The third-order valence-electron chi connectivity index (χ3n) is 2.32. The monoisotopic (exact) mass is 350 g/mol. The average molecular weight is 351 g/mol. The highest BCUT2D eigenvalue weighted by Gasteiger charge is 2.32. The minimum absolute atomic E-state index is 0.304. The number of rotatable bonds is 1. The van der Waals surface area contributed by atoms with E-state index in [1.165, 1.54) is 0 Å². The van der Waals surface area contributed by atoms with Gasteiger partial charge in [0, 0.05) is 10.5 Å². The highest BCUT2D eigenvalue weighted by atomic mass is 79.9. The summed E-state index contributed by atoms with van der Waals surface area (Å²) in [5, 5.41) is 0. The first kappa shape index (κ1) is 14.0. The molecule has 0 amide bonds. The highest BCUT2D eigenvalue weighted by molar-refractivity contribution is 9.10. The Morgan fingerprint density at radius 3 is 2.26 bits per heavy atom. The van der Waals surface area contributed by atoms with E-state index in [1.807, 2.05) is 4.98 Å². The van der Waals surface area contributed by atoms with Gasteiger partial charge in [-0.15, -0.1) is 0 Å². The predicted molar refractivity (Wildman–Crippen MR) is 69.9 cm³/mol. The standard InChI is InChI=1S/C11H6BrF3N2OS/c12-6-1-3-7(4-2-6)17-9(18)5-8(11(13,14)15)16-10(17)19/h1-5H,(H,16,19).